The van der Waals surface area contributed by atoms with Crippen molar-refractivity contribution >= 4 is 28.6 Å². The molecule has 0 saturated carbocycles. The summed E-state index contributed by atoms with van der Waals surface area (Å²) in [6.45, 7) is 0. The Labute approximate surface area is 123 Å². The normalized spacial score (nSPS) is 17.6. The smallest absolute Gasteiger partial charge is 0.234 e. The molecule has 1 heterocycles. The van der Waals surface area contributed by atoms with E-state index >= 15 is 0 Å². The molecule has 0 bridgehead atoms. The first-order valence-corrected chi connectivity index (χ1v) is 7.75. The fourth-order valence-corrected chi connectivity index (χ4v) is 3.88. The fourth-order valence-electron chi connectivity index (χ4n) is 2.89. The van der Waals surface area contributed by atoms with Crippen LogP contribution in [0.5, 0.6) is 0 Å². The Hall–Kier alpha value is -1.81. The number of para-hydroxylation sites is 2. The second-order valence-corrected chi connectivity index (χ2v) is 6.20. The van der Waals surface area contributed by atoms with Crippen molar-refractivity contribution in [3.63, 3.8) is 0 Å². The number of nitrogens with zero attached hydrogens (tertiary/aromatic N) is 1. The molecule has 1 aliphatic rings. The number of fused-ring (bicyclic) bond motifs is 1. The lowest BCUT2D eigenvalue weighted by atomic mass is 9.86. The van der Waals surface area contributed by atoms with E-state index in [2.05, 4.69) is 11.4 Å². The van der Waals surface area contributed by atoms with E-state index in [1.807, 2.05) is 31.3 Å². The number of aryl methyl sites for hydroxylation is 1. The second kappa shape index (κ2) is 5.29. The third-order valence-corrected chi connectivity index (χ3v) is 4.98. The first-order valence-electron chi connectivity index (χ1n) is 6.87. The molecule has 0 radical (unpaired) electrons. The number of likely N-dealkylation sites (N-methyl/N-ethyl adjacent to an activating group) is 1. The maximum atomic E-state index is 12.8. The van der Waals surface area contributed by atoms with Gasteiger partial charge in [-0.2, -0.15) is 0 Å². The molecule has 1 aliphatic carbocycles. The lowest BCUT2D eigenvalue weighted by molar-refractivity contribution is -0.120. The van der Waals surface area contributed by atoms with Crippen LogP contribution in [-0.2, 0) is 11.2 Å². The summed E-state index contributed by atoms with van der Waals surface area (Å²) in [6, 6.07) is 9.62. The van der Waals surface area contributed by atoms with E-state index in [-0.39, 0.29) is 11.8 Å². The largest absolute Gasteiger partial charge is 0.397 e. The van der Waals surface area contributed by atoms with Gasteiger partial charge in [0.2, 0.25) is 5.91 Å². The topological polar surface area (TPSA) is 46.3 Å². The summed E-state index contributed by atoms with van der Waals surface area (Å²) in [7, 11) is 1.81. The average Bonchev–Trinajstić information content (AvgIpc) is 2.94. The summed E-state index contributed by atoms with van der Waals surface area (Å²) < 4.78 is 0. The van der Waals surface area contributed by atoms with Crippen LogP contribution in [0.25, 0.3) is 0 Å². The van der Waals surface area contributed by atoms with Crippen molar-refractivity contribution in [2.45, 2.75) is 25.2 Å². The Kier molecular flexibility index (Phi) is 3.49. The van der Waals surface area contributed by atoms with Crippen LogP contribution in [0, 0.1) is 0 Å². The molecular weight excluding hydrogens is 268 g/mol. The summed E-state index contributed by atoms with van der Waals surface area (Å²) in [6.07, 6.45) is 3.12. The lowest BCUT2D eigenvalue weighted by Gasteiger charge is -2.27. The predicted octanol–water partition coefficient (Wildman–Crippen LogP) is 3.41. The van der Waals surface area contributed by atoms with Crippen molar-refractivity contribution in [2.75, 3.05) is 17.7 Å². The third kappa shape index (κ3) is 2.20. The number of benzene rings is 1. The fraction of sp³-hybridized carbons (Fsp3) is 0.312. The van der Waals surface area contributed by atoms with Crippen LogP contribution in [0.3, 0.4) is 0 Å². The molecule has 3 nitrogen and oxygen atoms in total. The number of hydrogen-bond acceptors (Lipinski definition) is 3. The molecule has 104 valence electrons. The summed E-state index contributed by atoms with van der Waals surface area (Å²) in [5, 5.41) is 2.09. The predicted molar refractivity (Wildman–Crippen MR) is 84.3 cm³/mol. The van der Waals surface area contributed by atoms with Gasteiger partial charge in [-0.05, 0) is 48.4 Å². The van der Waals surface area contributed by atoms with E-state index in [9.17, 15) is 4.79 Å². The molecule has 1 aromatic heterocycles. The van der Waals surface area contributed by atoms with Crippen LogP contribution in [0.1, 0.15) is 29.2 Å². The van der Waals surface area contributed by atoms with Crippen LogP contribution < -0.4 is 10.6 Å². The van der Waals surface area contributed by atoms with Crippen molar-refractivity contribution in [3.05, 3.63) is 46.2 Å². The number of anilines is 2. The maximum absolute atomic E-state index is 12.8. The second-order valence-electron chi connectivity index (χ2n) is 5.20. The summed E-state index contributed by atoms with van der Waals surface area (Å²) in [5.74, 6) is 0.122. The number of nitrogens with two attached hydrogens (primary N) is 1. The summed E-state index contributed by atoms with van der Waals surface area (Å²) >= 11 is 1.76. The van der Waals surface area contributed by atoms with E-state index < -0.39 is 0 Å². The van der Waals surface area contributed by atoms with Gasteiger partial charge < -0.3 is 10.6 Å². The number of carbonyl (C=O) groups is 1. The number of nitrogen functional groups attached to an aromatic ring is 1. The van der Waals surface area contributed by atoms with Crippen LogP contribution in [0.4, 0.5) is 11.4 Å². The van der Waals surface area contributed by atoms with E-state index in [4.69, 9.17) is 5.73 Å². The summed E-state index contributed by atoms with van der Waals surface area (Å²) in [4.78, 5) is 15.9. The molecule has 3 rings (SSSR count). The Morgan fingerprint density at radius 3 is 2.95 bits per heavy atom. The Morgan fingerprint density at radius 1 is 1.35 bits per heavy atom. The zero-order chi connectivity index (χ0) is 14.1. The first kappa shape index (κ1) is 13.2. The van der Waals surface area contributed by atoms with Gasteiger partial charge in [0.1, 0.15) is 0 Å². The van der Waals surface area contributed by atoms with Crippen molar-refractivity contribution in [3.8, 4) is 0 Å². The van der Waals surface area contributed by atoms with Gasteiger partial charge >= 0.3 is 0 Å². The van der Waals surface area contributed by atoms with Gasteiger partial charge in [0.15, 0.2) is 0 Å². The van der Waals surface area contributed by atoms with Crippen molar-refractivity contribution in [1.29, 1.82) is 0 Å². The quantitative estimate of drug-likeness (QED) is 0.860. The van der Waals surface area contributed by atoms with Gasteiger partial charge in [0.05, 0.1) is 17.3 Å². The number of thiophene rings is 1. The zero-order valence-corrected chi connectivity index (χ0v) is 12.3. The van der Waals surface area contributed by atoms with Crippen LogP contribution >= 0.6 is 11.3 Å². The molecule has 0 saturated heterocycles. The van der Waals surface area contributed by atoms with E-state index in [1.54, 1.807) is 16.2 Å². The van der Waals surface area contributed by atoms with Gasteiger partial charge in [-0.15, -0.1) is 11.3 Å². The highest BCUT2D eigenvalue weighted by Crippen LogP contribution is 2.37. The maximum Gasteiger partial charge on any atom is 0.234 e. The molecule has 0 aliphatic heterocycles. The number of rotatable bonds is 2. The molecule has 2 aromatic rings. The highest BCUT2D eigenvalue weighted by molar-refractivity contribution is 7.10. The van der Waals surface area contributed by atoms with Crippen LogP contribution in [-0.4, -0.2) is 13.0 Å². The number of hydrogen-bond donors (Lipinski definition) is 1. The number of amides is 1. The number of carbonyl (C=O) groups excluding carboxylic acids is 1. The van der Waals surface area contributed by atoms with Crippen LogP contribution in [0.15, 0.2) is 35.7 Å². The Morgan fingerprint density at radius 2 is 2.15 bits per heavy atom. The molecule has 1 aromatic carbocycles. The minimum Gasteiger partial charge on any atom is -0.397 e. The minimum absolute atomic E-state index is 0.0189. The molecule has 1 amide bonds. The van der Waals surface area contributed by atoms with Crippen molar-refractivity contribution in [2.24, 2.45) is 0 Å². The highest BCUT2D eigenvalue weighted by atomic mass is 32.1. The average molecular weight is 286 g/mol. The molecule has 0 fully saturated rings. The van der Waals surface area contributed by atoms with E-state index in [0.717, 1.165) is 24.9 Å². The molecule has 4 heteroatoms. The molecule has 0 spiro atoms. The van der Waals surface area contributed by atoms with Gasteiger partial charge in [-0.3, -0.25) is 4.79 Å². The Balaban J connectivity index is 1.89. The highest BCUT2D eigenvalue weighted by Gasteiger charge is 2.30. The molecule has 1 unspecified atom stereocenters. The molecule has 2 N–H and O–H groups in total. The zero-order valence-electron chi connectivity index (χ0n) is 11.5. The van der Waals surface area contributed by atoms with Gasteiger partial charge in [-0.25, -0.2) is 0 Å². The molecular formula is C16H18N2OS. The monoisotopic (exact) mass is 286 g/mol. The standard InChI is InChI=1S/C16H18N2OS/c1-18(14-7-3-2-6-13(14)17)16(19)12-5-4-8-15-11(12)9-10-20-15/h2-3,6-7,9-10,12H,4-5,8,17H2,1H3. The minimum atomic E-state index is -0.0189. The lowest BCUT2D eigenvalue weighted by Crippen LogP contribution is -2.33. The summed E-state index contributed by atoms with van der Waals surface area (Å²) in [5.41, 5.74) is 8.62. The Bertz CT molecular complexity index is 635. The van der Waals surface area contributed by atoms with Crippen molar-refractivity contribution in [1.82, 2.24) is 0 Å². The SMILES string of the molecule is CN(C(=O)C1CCCc2sccc21)c1ccccc1N. The van der Waals surface area contributed by atoms with Crippen LogP contribution in [0.2, 0.25) is 0 Å². The third-order valence-electron chi connectivity index (χ3n) is 3.98. The van der Waals surface area contributed by atoms with Gasteiger partial charge in [0.25, 0.3) is 0 Å². The molecule has 1 atom stereocenters. The first-order chi connectivity index (χ1) is 9.68. The van der Waals surface area contributed by atoms with Gasteiger partial charge in [0, 0.05) is 11.9 Å². The van der Waals surface area contributed by atoms with Gasteiger partial charge in [-0.1, -0.05) is 12.1 Å². The van der Waals surface area contributed by atoms with Crippen molar-refractivity contribution < 1.29 is 4.79 Å². The van der Waals surface area contributed by atoms with E-state index in [1.165, 1.54) is 10.4 Å². The van der Waals surface area contributed by atoms with E-state index in [0.29, 0.717) is 5.69 Å². The molecule has 20 heavy (non-hydrogen) atoms.